The topological polar surface area (TPSA) is 72.2 Å². The molecule has 3 N–H and O–H groups in total. The van der Waals surface area contributed by atoms with Gasteiger partial charge in [-0.25, -0.2) is 13.1 Å². The number of benzene rings is 1. The van der Waals surface area contributed by atoms with Gasteiger partial charge in [-0.1, -0.05) is 23.2 Å². The van der Waals surface area contributed by atoms with Crippen molar-refractivity contribution in [1.82, 2.24) is 4.72 Å². The maximum absolute atomic E-state index is 12.2. The number of hydrogen-bond acceptors (Lipinski definition) is 4. The van der Waals surface area contributed by atoms with E-state index in [-0.39, 0.29) is 20.4 Å². The summed E-state index contributed by atoms with van der Waals surface area (Å²) in [6.07, 6.45) is 4.01. The highest BCUT2D eigenvalue weighted by molar-refractivity contribution is 8.00. The van der Waals surface area contributed by atoms with E-state index in [2.05, 4.69) is 4.72 Å². The highest BCUT2D eigenvalue weighted by atomic mass is 35.5. The van der Waals surface area contributed by atoms with Gasteiger partial charge in [0.05, 0.1) is 10.7 Å². The Hall–Kier alpha value is -0.140. The van der Waals surface area contributed by atoms with Crippen LogP contribution < -0.4 is 10.5 Å². The van der Waals surface area contributed by atoms with Crippen LogP contribution in [0.3, 0.4) is 0 Å². The van der Waals surface area contributed by atoms with E-state index in [1.54, 1.807) is 11.8 Å². The molecule has 1 aromatic rings. The minimum absolute atomic E-state index is 0.0285. The molecule has 19 heavy (non-hydrogen) atoms. The number of nitrogen functional groups attached to an aromatic ring is 1. The Labute approximate surface area is 127 Å². The van der Waals surface area contributed by atoms with E-state index in [1.807, 2.05) is 6.26 Å². The van der Waals surface area contributed by atoms with E-state index in [0.717, 1.165) is 12.8 Å². The molecule has 0 aliphatic heterocycles. The van der Waals surface area contributed by atoms with Crippen molar-refractivity contribution in [3.8, 4) is 0 Å². The minimum atomic E-state index is -3.72. The van der Waals surface area contributed by atoms with Crippen LogP contribution in [0.15, 0.2) is 17.0 Å². The number of hydrogen-bond donors (Lipinski definition) is 2. The second-order valence-electron chi connectivity index (χ2n) is 4.52. The van der Waals surface area contributed by atoms with Gasteiger partial charge in [0.1, 0.15) is 4.90 Å². The maximum Gasteiger partial charge on any atom is 0.244 e. The molecule has 1 aliphatic carbocycles. The summed E-state index contributed by atoms with van der Waals surface area (Å²) in [5.41, 5.74) is 5.76. The van der Waals surface area contributed by atoms with Crippen molar-refractivity contribution in [3.05, 3.63) is 22.2 Å². The molecule has 8 heteroatoms. The van der Waals surface area contributed by atoms with Crippen molar-refractivity contribution in [2.45, 2.75) is 22.5 Å². The molecule has 1 saturated carbocycles. The van der Waals surface area contributed by atoms with Crippen LogP contribution in [0.25, 0.3) is 0 Å². The number of thioether (sulfide) groups is 1. The molecule has 4 nitrogen and oxygen atoms in total. The Morgan fingerprint density at radius 1 is 1.42 bits per heavy atom. The zero-order chi connectivity index (χ0) is 14.3. The summed E-state index contributed by atoms with van der Waals surface area (Å²) >= 11 is 13.4. The molecule has 0 heterocycles. The van der Waals surface area contributed by atoms with Gasteiger partial charge in [-0.15, -0.1) is 0 Å². The molecule has 1 aromatic carbocycles. The van der Waals surface area contributed by atoms with Gasteiger partial charge in [0.2, 0.25) is 10.0 Å². The first kappa shape index (κ1) is 15.3. The lowest BCUT2D eigenvalue weighted by Gasteiger charge is -2.15. The monoisotopic (exact) mass is 340 g/mol. The number of halogens is 2. The summed E-state index contributed by atoms with van der Waals surface area (Å²) in [6, 6.07) is 2.75. The van der Waals surface area contributed by atoms with Crippen molar-refractivity contribution in [3.63, 3.8) is 0 Å². The first-order valence-corrected chi connectivity index (χ1v) is 9.05. The maximum atomic E-state index is 12.2. The summed E-state index contributed by atoms with van der Waals surface area (Å²) in [4.78, 5) is -0.101. The van der Waals surface area contributed by atoms with Crippen molar-refractivity contribution in [1.29, 1.82) is 0 Å². The largest absolute Gasteiger partial charge is 0.398 e. The van der Waals surface area contributed by atoms with Gasteiger partial charge in [-0.05, 0) is 31.2 Å². The van der Waals surface area contributed by atoms with Crippen LogP contribution in [0.5, 0.6) is 0 Å². The van der Waals surface area contributed by atoms with Crippen molar-refractivity contribution < 1.29 is 8.42 Å². The molecule has 0 atom stereocenters. The third-order valence-electron chi connectivity index (χ3n) is 3.13. The number of sulfonamides is 1. The lowest BCUT2D eigenvalue weighted by atomic mass is 10.3. The van der Waals surface area contributed by atoms with E-state index in [4.69, 9.17) is 28.9 Å². The highest BCUT2D eigenvalue weighted by Gasteiger charge is 2.42. The predicted molar refractivity (Wildman–Crippen MR) is 81.5 cm³/mol. The van der Waals surface area contributed by atoms with Crippen LogP contribution >= 0.6 is 35.0 Å². The second-order valence-corrected chi connectivity index (χ2v) is 8.34. The minimum Gasteiger partial charge on any atom is -0.398 e. The molecule has 1 aliphatic rings. The molecule has 106 valence electrons. The number of nitrogens with two attached hydrogens (primary N) is 1. The number of rotatable bonds is 5. The zero-order valence-electron chi connectivity index (χ0n) is 10.2. The summed E-state index contributed by atoms with van der Waals surface area (Å²) in [6.45, 7) is 0.384. The molecular weight excluding hydrogens is 327 g/mol. The number of nitrogens with one attached hydrogen (secondary N) is 1. The average molecular weight is 341 g/mol. The van der Waals surface area contributed by atoms with Crippen LogP contribution in [-0.4, -0.2) is 26.0 Å². The Kier molecular flexibility index (Phi) is 4.28. The van der Waals surface area contributed by atoms with Gasteiger partial charge >= 0.3 is 0 Å². The Balaban J connectivity index is 2.25. The van der Waals surface area contributed by atoms with E-state index < -0.39 is 10.0 Å². The zero-order valence-corrected chi connectivity index (χ0v) is 13.4. The Morgan fingerprint density at radius 3 is 2.53 bits per heavy atom. The van der Waals surface area contributed by atoms with Crippen LogP contribution in [0.4, 0.5) is 5.69 Å². The lowest BCUT2D eigenvalue weighted by molar-refractivity contribution is 0.580. The van der Waals surface area contributed by atoms with Gasteiger partial charge in [-0.2, -0.15) is 11.8 Å². The highest BCUT2D eigenvalue weighted by Crippen LogP contribution is 2.46. The van der Waals surface area contributed by atoms with E-state index >= 15 is 0 Å². The Bertz CT molecular complexity index is 578. The standard InChI is InChI=1S/C11H14Cl2N2O2S2/c1-18-11(2-3-11)6-15-19(16,17)10-8(13)4-7(12)5-9(10)14/h4-5,15H,2-3,6,14H2,1H3. The van der Waals surface area contributed by atoms with Gasteiger partial charge in [0.15, 0.2) is 0 Å². The smallest absolute Gasteiger partial charge is 0.244 e. The summed E-state index contributed by atoms with van der Waals surface area (Å²) in [5, 5.41) is 0.343. The quantitative estimate of drug-likeness (QED) is 0.808. The third-order valence-corrected chi connectivity index (χ3v) is 6.70. The van der Waals surface area contributed by atoms with Crippen molar-refractivity contribution in [2.75, 3.05) is 18.5 Å². The Morgan fingerprint density at radius 2 is 2.05 bits per heavy atom. The molecule has 0 unspecified atom stereocenters. The first-order valence-electron chi connectivity index (χ1n) is 5.59. The predicted octanol–water partition coefficient (Wildman–Crippen LogP) is 2.75. The molecule has 0 bridgehead atoms. The molecule has 0 amide bonds. The van der Waals surface area contributed by atoms with E-state index in [9.17, 15) is 8.42 Å². The normalized spacial score (nSPS) is 17.4. The molecule has 0 spiro atoms. The summed E-state index contributed by atoms with van der Waals surface area (Å²) in [7, 11) is -3.72. The molecule has 1 fully saturated rings. The molecule has 0 radical (unpaired) electrons. The summed E-state index contributed by atoms with van der Waals surface area (Å²) in [5.74, 6) is 0. The van der Waals surface area contributed by atoms with Crippen molar-refractivity contribution >= 4 is 50.7 Å². The van der Waals surface area contributed by atoms with Crippen LogP contribution in [0, 0.1) is 0 Å². The molecule has 2 rings (SSSR count). The fraction of sp³-hybridized carbons (Fsp3) is 0.455. The van der Waals surface area contributed by atoms with Gasteiger partial charge in [-0.3, -0.25) is 0 Å². The van der Waals surface area contributed by atoms with E-state index in [0.29, 0.717) is 11.6 Å². The van der Waals surface area contributed by atoms with E-state index in [1.165, 1.54) is 12.1 Å². The van der Waals surface area contributed by atoms with Crippen LogP contribution in [-0.2, 0) is 10.0 Å². The lowest BCUT2D eigenvalue weighted by Crippen LogP contribution is -2.32. The number of anilines is 1. The SMILES string of the molecule is CSC1(CNS(=O)(=O)c2c(N)cc(Cl)cc2Cl)CC1. The first-order chi connectivity index (χ1) is 8.80. The average Bonchev–Trinajstić information content (AvgIpc) is 3.05. The molecular formula is C11H14Cl2N2O2S2. The second kappa shape index (κ2) is 5.33. The third kappa shape index (κ3) is 3.31. The molecule has 0 saturated heterocycles. The van der Waals surface area contributed by atoms with Crippen LogP contribution in [0.1, 0.15) is 12.8 Å². The summed E-state index contributed by atoms with van der Waals surface area (Å²) < 4.78 is 27.1. The fourth-order valence-corrected chi connectivity index (χ4v) is 4.68. The van der Waals surface area contributed by atoms with Gasteiger partial charge < -0.3 is 5.73 Å². The van der Waals surface area contributed by atoms with Gasteiger partial charge in [0, 0.05) is 16.3 Å². The molecule has 0 aromatic heterocycles. The van der Waals surface area contributed by atoms with Gasteiger partial charge in [0.25, 0.3) is 0 Å². The fourth-order valence-electron chi connectivity index (χ4n) is 1.75. The van der Waals surface area contributed by atoms with Crippen molar-refractivity contribution in [2.24, 2.45) is 0 Å². The van der Waals surface area contributed by atoms with Crippen LogP contribution in [0.2, 0.25) is 10.0 Å².